The van der Waals surface area contributed by atoms with E-state index >= 15 is 0 Å². The standard InChI is InChI=1S/C17H28/c1-4-10-6-11-7-13(10)15-12-8-14(16(11)15)17(3,5-2)9-12/h10-16H,4-9H2,1-3H3. The van der Waals surface area contributed by atoms with Crippen molar-refractivity contribution in [2.75, 3.05) is 0 Å². The van der Waals surface area contributed by atoms with Gasteiger partial charge >= 0.3 is 0 Å². The van der Waals surface area contributed by atoms with Gasteiger partial charge in [-0.25, -0.2) is 0 Å². The van der Waals surface area contributed by atoms with Crippen LogP contribution >= 0.6 is 0 Å². The Labute approximate surface area is 107 Å². The van der Waals surface area contributed by atoms with Crippen LogP contribution in [0.5, 0.6) is 0 Å². The van der Waals surface area contributed by atoms with E-state index in [4.69, 9.17) is 0 Å². The van der Waals surface area contributed by atoms with Crippen molar-refractivity contribution >= 4 is 0 Å². The van der Waals surface area contributed by atoms with Crippen LogP contribution < -0.4 is 0 Å². The Morgan fingerprint density at radius 2 is 1.82 bits per heavy atom. The first-order valence-corrected chi connectivity index (χ1v) is 8.18. The molecule has 0 radical (unpaired) electrons. The molecule has 0 amide bonds. The number of hydrogen-bond donors (Lipinski definition) is 0. The van der Waals surface area contributed by atoms with E-state index in [1.807, 2.05) is 0 Å². The minimum Gasteiger partial charge on any atom is -0.0651 e. The van der Waals surface area contributed by atoms with Gasteiger partial charge in [-0.1, -0.05) is 33.6 Å². The summed E-state index contributed by atoms with van der Waals surface area (Å²) in [6.45, 7) is 7.48. The van der Waals surface area contributed by atoms with Crippen molar-refractivity contribution in [2.45, 2.75) is 59.3 Å². The molecule has 4 aliphatic carbocycles. The fourth-order valence-electron chi connectivity index (χ4n) is 7.08. The Hall–Kier alpha value is 0. The van der Waals surface area contributed by atoms with Crippen LogP contribution in [0.15, 0.2) is 0 Å². The van der Waals surface area contributed by atoms with Crippen molar-refractivity contribution in [1.82, 2.24) is 0 Å². The highest BCUT2D eigenvalue weighted by Gasteiger charge is 2.66. The van der Waals surface area contributed by atoms with Gasteiger partial charge in [0.25, 0.3) is 0 Å². The number of rotatable bonds is 2. The summed E-state index contributed by atoms with van der Waals surface area (Å²) in [7, 11) is 0. The topological polar surface area (TPSA) is 0 Å². The van der Waals surface area contributed by atoms with E-state index in [0.717, 1.165) is 35.0 Å². The Balaban J connectivity index is 1.65. The molecule has 4 saturated carbocycles. The van der Waals surface area contributed by atoms with Crippen LogP contribution in [0, 0.1) is 46.8 Å². The van der Waals surface area contributed by atoms with Gasteiger partial charge < -0.3 is 0 Å². The third-order valence-electron chi connectivity index (χ3n) is 7.79. The molecule has 96 valence electrons. The molecule has 0 heteroatoms. The molecular weight excluding hydrogens is 204 g/mol. The normalized spacial score (nSPS) is 63.4. The zero-order chi connectivity index (χ0) is 11.8. The quantitative estimate of drug-likeness (QED) is 0.603. The average Bonchev–Trinajstić information content (AvgIpc) is 3.03. The van der Waals surface area contributed by atoms with Gasteiger partial charge in [-0.2, -0.15) is 0 Å². The van der Waals surface area contributed by atoms with Crippen molar-refractivity contribution in [2.24, 2.45) is 46.8 Å². The summed E-state index contributed by atoms with van der Waals surface area (Å²) < 4.78 is 0. The molecule has 4 fully saturated rings. The van der Waals surface area contributed by atoms with E-state index in [0.29, 0.717) is 0 Å². The van der Waals surface area contributed by atoms with E-state index in [2.05, 4.69) is 20.8 Å². The molecule has 17 heavy (non-hydrogen) atoms. The van der Waals surface area contributed by atoms with Gasteiger partial charge in [0, 0.05) is 0 Å². The van der Waals surface area contributed by atoms with E-state index < -0.39 is 0 Å². The summed E-state index contributed by atoms with van der Waals surface area (Å²) in [5.41, 5.74) is 0.734. The first kappa shape index (κ1) is 10.9. The second-order valence-corrected chi connectivity index (χ2v) is 8.03. The van der Waals surface area contributed by atoms with Crippen molar-refractivity contribution in [3.63, 3.8) is 0 Å². The molecule has 4 bridgehead atoms. The molecule has 0 aromatic carbocycles. The second kappa shape index (κ2) is 3.31. The highest BCUT2D eigenvalue weighted by molar-refractivity contribution is 5.15. The number of hydrogen-bond acceptors (Lipinski definition) is 0. The van der Waals surface area contributed by atoms with E-state index in [9.17, 15) is 0 Å². The predicted octanol–water partition coefficient (Wildman–Crippen LogP) is 4.74. The maximum atomic E-state index is 2.61. The zero-order valence-electron chi connectivity index (χ0n) is 11.8. The van der Waals surface area contributed by atoms with Gasteiger partial charge in [0.15, 0.2) is 0 Å². The first-order valence-electron chi connectivity index (χ1n) is 8.18. The molecule has 8 unspecified atom stereocenters. The lowest BCUT2D eigenvalue weighted by Gasteiger charge is -2.46. The maximum Gasteiger partial charge on any atom is -0.0294 e. The van der Waals surface area contributed by atoms with Crippen molar-refractivity contribution in [3.8, 4) is 0 Å². The molecule has 4 rings (SSSR count). The molecule has 8 atom stereocenters. The predicted molar refractivity (Wildman–Crippen MR) is 71.6 cm³/mol. The zero-order valence-corrected chi connectivity index (χ0v) is 11.8. The van der Waals surface area contributed by atoms with E-state index in [-0.39, 0.29) is 0 Å². The van der Waals surface area contributed by atoms with Crippen LogP contribution in [0.25, 0.3) is 0 Å². The van der Waals surface area contributed by atoms with Crippen LogP contribution in [0.4, 0.5) is 0 Å². The molecular formula is C17H28. The largest absolute Gasteiger partial charge is 0.0651 e. The van der Waals surface area contributed by atoms with Crippen molar-refractivity contribution < 1.29 is 0 Å². The first-order chi connectivity index (χ1) is 8.18. The molecule has 4 aliphatic rings. The summed E-state index contributed by atoms with van der Waals surface area (Å²) in [6.07, 6.45) is 9.32. The summed E-state index contributed by atoms with van der Waals surface area (Å²) in [4.78, 5) is 0. The third-order valence-corrected chi connectivity index (χ3v) is 7.79. The second-order valence-electron chi connectivity index (χ2n) is 8.03. The maximum absolute atomic E-state index is 2.61. The third kappa shape index (κ3) is 1.16. The minimum absolute atomic E-state index is 0.734. The lowest BCUT2D eigenvalue weighted by atomic mass is 9.59. The van der Waals surface area contributed by atoms with Crippen molar-refractivity contribution in [3.05, 3.63) is 0 Å². The van der Waals surface area contributed by atoms with Gasteiger partial charge in [0.2, 0.25) is 0 Å². The monoisotopic (exact) mass is 232 g/mol. The Morgan fingerprint density at radius 3 is 2.53 bits per heavy atom. The Kier molecular flexibility index (Phi) is 2.12. The number of fused-ring (bicyclic) bond motifs is 9. The van der Waals surface area contributed by atoms with Gasteiger partial charge in [-0.3, -0.25) is 0 Å². The minimum atomic E-state index is 0.734. The lowest BCUT2D eigenvalue weighted by molar-refractivity contribution is 0.0247. The van der Waals surface area contributed by atoms with Crippen LogP contribution in [0.1, 0.15) is 59.3 Å². The van der Waals surface area contributed by atoms with Gasteiger partial charge in [0.05, 0.1) is 0 Å². The molecule has 0 N–H and O–H groups in total. The highest BCUT2D eigenvalue weighted by Crippen LogP contribution is 2.73. The van der Waals surface area contributed by atoms with E-state index in [1.165, 1.54) is 24.7 Å². The highest BCUT2D eigenvalue weighted by atomic mass is 14.7. The van der Waals surface area contributed by atoms with Crippen LogP contribution in [-0.4, -0.2) is 0 Å². The fraction of sp³-hybridized carbons (Fsp3) is 1.00. The molecule has 0 aliphatic heterocycles. The molecule has 0 nitrogen and oxygen atoms in total. The molecule has 0 saturated heterocycles. The van der Waals surface area contributed by atoms with Gasteiger partial charge in [0.1, 0.15) is 0 Å². The summed E-state index contributed by atoms with van der Waals surface area (Å²) >= 11 is 0. The Bertz CT molecular complexity index is 333. The molecule has 0 aromatic heterocycles. The summed E-state index contributed by atoms with van der Waals surface area (Å²) in [5.74, 6) is 8.04. The van der Waals surface area contributed by atoms with Crippen LogP contribution in [-0.2, 0) is 0 Å². The van der Waals surface area contributed by atoms with E-state index in [1.54, 1.807) is 25.7 Å². The SMILES string of the molecule is CCC1CC2CC1C1C3CC(C21)C(C)(CC)C3. The Morgan fingerprint density at radius 1 is 1.00 bits per heavy atom. The average molecular weight is 232 g/mol. The van der Waals surface area contributed by atoms with Gasteiger partial charge in [-0.05, 0) is 72.5 Å². The lowest BCUT2D eigenvalue weighted by Crippen LogP contribution is -2.39. The molecule has 0 heterocycles. The summed E-state index contributed by atoms with van der Waals surface area (Å²) in [5, 5.41) is 0. The molecule has 0 spiro atoms. The van der Waals surface area contributed by atoms with Crippen LogP contribution in [0.3, 0.4) is 0 Å². The smallest absolute Gasteiger partial charge is 0.0294 e. The van der Waals surface area contributed by atoms with Gasteiger partial charge in [-0.15, -0.1) is 0 Å². The summed E-state index contributed by atoms with van der Waals surface area (Å²) in [6, 6.07) is 0. The fourth-order valence-corrected chi connectivity index (χ4v) is 7.08. The van der Waals surface area contributed by atoms with Crippen LogP contribution in [0.2, 0.25) is 0 Å². The van der Waals surface area contributed by atoms with Crippen molar-refractivity contribution in [1.29, 1.82) is 0 Å². The molecule has 0 aromatic rings.